The zero-order chi connectivity index (χ0) is 14.8. The predicted octanol–water partition coefficient (Wildman–Crippen LogP) is 3.62. The monoisotopic (exact) mass is 283 g/mol. The molecule has 1 N–H and O–H groups in total. The van der Waals surface area contributed by atoms with Crippen LogP contribution < -0.4 is 4.90 Å². The van der Waals surface area contributed by atoms with Gasteiger partial charge in [-0.2, -0.15) is 0 Å². The first-order valence-corrected chi connectivity index (χ1v) is 6.70. The van der Waals surface area contributed by atoms with E-state index in [2.05, 4.69) is 4.90 Å². The molecule has 3 nitrogen and oxygen atoms in total. The minimum atomic E-state index is -0.969. The first kappa shape index (κ1) is 13.4. The topological polar surface area (TPSA) is 40.5 Å². The minimum Gasteiger partial charge on any atom is -0.478 e. The summed E-state index contributed by atoms with van der Waals surface area (Å²) in [7, 11) is 0. The normalized spacial score (nSPS) is 13.7. The van der Waals surface area contributed by atoms with Crippen LogP contribution in [-0.4, -0.2) is 17.6 Å². The van der Waals surface area contributed by atoms with E-state index in [1.165, 1.54) is 6.07 Å². The van der Waals surface area contributed by atoms with Gasteiger partial charge >= 0.3 is 5.97 Å². The van der Waals surface area contributed by atoms with Gasteiger partial charge in [0.05, 0.1) is 0 Å². The van der Waals surface area contributed by atoms with E-state index in [4.69, 9.17) is 5.11 Å². The molecule has 0 bridgehead atoms. The van der Waals surface area contributed by atoms with Gasteiger partial charge < -0.3 is 10.0 Å². The van der Waals surface area contributed by atoms with E-state index in [1.54, 1.807) is 12.1 Å². The highest BCUT2D eigenvalue weighted by Gasteiger charge is 2.20. The van der Waals surface area contributed by atoms with Gasteiger partial charge in [0.25, 0.3) is 0 Å². The molecule has 0 unspecified atom stereocenters. The minimum absolute atomic E-state index is 0.235. The second-order valence-electron chi connectivity index (χ2n) is 4.94. The van der Waals surface area contributed by atoms with Crippen molar-refractivity contribution in [2.45, 2.75) is 6.42 Å². The standard InChI is InChI=1S/C17H14FNO2/c18-14-5-4-13-9-10-19(16(13)11-14)15-6-1-12(2-7-15)3-8-17(20)21/h1-8,11H,9-10H2,(H,20,21)/b8-3+. The fraction of sp³-hybridized carbons (Fsp3) is 0.118. The molecule has 106 valence electrons. The number of halogens is 1. The molecule has 0 spiro atoms. The van der Waals surface area contributed by atoms with Crippen LogP contribution in [0.15, 0.2) is 48.5 Å². The number of nitrogens with zero attached hydrogens (tertiary/aromatic N) is 1. The van der Waals surface area contributed by atoms with E-state index in [0.29, 0.717) is 0 Å². The molecule has 0 saturated heterocycles. The zero-order valence-corrected chi connectivity index (χ0v) is 11.3. The summed E-state index contributed by atoms with van der Waals surface area (Å²) < 4.78 is 13.4. The quantitative estimate of drug-likeness (QED) is 0.875. The Morgan fingerprint density at radius 1 is 1.19 bits per heavy atom. The zero-order valence-electron chi connectivity index (χ0n) is 11.3. The Morgan fingerprint density at radius 3 is 2.67 bits per heavy atom. The number of fused-ring (bicyclic) bond motifs is 1. The molecule has 0 amide bonds. The van der Waals surface area contributed by atoms with Gasteiger partial charge in [-0.05, 0) is 47.9 Å². The van der Waals surface area contributed by atoms with Crippen molar-refractivity contribution in [2.75, 3.05) is 11.4 Å². The second-order valence-corrected chi connectivity index (χ2v) is 4.94. The average Bonchev–Trinajstić information content (AvgIpc) is 2.88. The molecule has 2 aromatic rings. The van der Waals surface area contributed by atoms with Crippen LogP contribution >= 0.6 is 0 Å². The maximum atomic E-state index is 13.4. The van der Waals surface area contributed by atoms with E-state index < -0.39 is 5.97 Å². The number of benzene rings is 2. The van der Waals surface area contributed by atoms with E-state index in [-0.39, 0.29) is 5.82 Å². The Bertz CT molecular complexity index is 707. The number of rotatable bonds is 3. The highest BCUT2D eigenvalue weighted by atomic mass is 19.1. The van der Waals surface area contributed by atoms with Gasteiger partial charge in [0.1, 0.15) is 5.82 Å². The fourth-order valence-corrected chi connectivity index (χ4v) is 2.55. The van der Waals surface area contributed by atoms with E-state index >= 15 is 0 Å². The SMILES string of the molecule is O=C(O)/C=C/c1ccc(N2CCc3ccc(F)cc32)cc1. The molecule has 1 heterocycles. The third-order valence-corrected chi connectivity index (χ3v) is 3.57. The molecule has 2 aromatic carbocycles. The van der Waals surface area contributed by atoms with Crippen molar-refractivity contribution in [3.63, 3.8) is 0 Å². The fourth-order valence-electron chi connectivity index (χ4n) is 2.55. The van der Waals surface area contributed by atoms with Crippen molar-refractivity contribution in [3.05, 3.63) is 65.5 Å². The summed E-state index contributed by atoms with van der Waals surface area (Å²) in [6.07, 6.45) is 3.55. The lowest BCUT2D eigenvalue weighted by atomic mass is 10.1. The Morgan fingerprint density at radius 2 is 1.95 bits per heavy atom. The van der Waals surface area contributed by atoms with Crippen LogP contribution in [0.25, 0.3) is 6.08 Å². The van der Waals surface area contributed by atoms with Crippen LogP contribution in [0, 0.1) is 5.82 Å². The molecule has 4 heteroatoms. The summed E-state index contributed by atoms with van der Waals surface area (Å²) in [5.41, 5.74) is 3.85. The molecule has 0 atom stereocenters. The first-order valence-electron chi connectivity index (χ1n) is 6.70. The number of aliphatic carboxylic acids is 1. The number of carboxylic acid groups (broad SMARTS) is 1. The molecule has 21 heavy (non-hydrogen) atoms. The van der Waals surface area contributed by atoms with Crippen molar-refractivity contribution in [2.24, 2.45) is 0 Å². The molecular formula is C17H14FNO2. The Labute approximate surface area is 121 Å². The van der Waals surface area contributed by atoms with Crippen LogP contribution in [0.5, 0.6) is 0 Å². The van der Waals surface area contributed by atoms with Crippen LogP contribution in [-0.2, 0) is 11.2 Å². The summed E-state index contributed by atoms with van der Waals surface area (Å²) in [5.74, 6) is -1.20. The lowest BCUT2D eigenvalue weighted by Crippen LogP contribution is -2.13. The summed E-state index contributed by atoms with van der Waals surface area (Å²) >= 11 is 0. The number of hydrogen-bond acceptors (Lipinski definition) is 2. The molecular weight excluding hydrogens is 269 g/mol. The van der Waals surface area contributed by atoms with Crippen LogP contribution in [0.2, 0.25) is 0 Å². The Hall–Kier alpha value is -2.62. The number of carboxylic acids is 1. The van der Waals surface area contributed by atoms with Crippen molar-refractivity contribution < 1.29 is 14.3 Å². The van der Waals surface area contributed by atoms with Crippen LogP contribution in [0.4, 0.5) is 15.8 Å². The smallest absolute Gasteiger partial charge is 0.328 e. The summed E-state index contributed by atoms with van der Waals surface area (Å²) in [4.78, 5) is 12.6. The third kappa shape index (κ3) is 2.79. The highest BCUT2D eigenvalue weighted by Crippen LogP contribution is 2.34. The van der Waals surface area contributed by atoms with E-state index in [0.717, 1.165) is 41.5 Å². The molecule has 0 fully saturated rings. The lowest BCUT2D eigenvalue weighted by molar-refractivity contribution is -0.131. The van der Waals surface area contributed by atoms with Gasteiger partial charge in [-0.25, -0.2) is 9.18 Å². The first-order chi connectivity index (χ1) is 10.1. The maximum Gasteiger partial charge on any atom is 0.328 e. The van der Waals surface area contributed by atoms with Gasteiger partial charge in [-0.15, -0.1) is 0 Å². The van der Waals surface area contributed by atoms with Gasteiger partial charge in [-0.3, -0.25) is 0 Å². The third-order valence-electron chi connectivity index (χ3n) is 3.57. The van der Waals surface area contributed by atoms with Crippen LogP contribution in [0.3, 0.4) is 0 Å². The predicted molar refractivity (Wildman–Crippen MR) is 80.2 cm³/mol. The average molecular weight is 283 g/mol. The second kappa shape index (κ2) is 5.40. The summed E-state index contributed by atoms with van der Waals surface area (Å²) in [5, 5.41) is 8.61. The van der Waals surface area contributed by atoms with Crippen molar-refractivity contribution in [3.8, 4) is 0 Å². The highest BCUT2D eigenvalue weighted by molar-refractivity contribution is 5.85. The maximum absolute atomic E-state index is 13.4. The largest absolute Gasteiger partial charge is 0.478 e. The lowest BCUT2D eigenvalue weighted by Gasteiger charge is -2.19. The van der Waals surface area contributed by atoms with Crippen molar-refractivity contribution >= 4 is 23.4 Å². The Balaban J connectivity index is 1.86. The number of carbonyl (C=O) groups is 1. The summed E-state index contributed by atoms with van der Waals surface area (Å²) in [6, 6.07) is 12.4. The van der Waals surface area contributed by atoms with Crippen molar-refractivity contribution in [1.29, 1.82) is 0 Å². The van der Waals surface area contributed by atoms with Crippen LogP contribution in [0.1, 0.15) is 11.1 Å². The van der Waals surface area contributed by atoms with Gasteiger partial charge in [-0.1, -0.05) is 18.2 Å². The Kier molecular flexibility index (Phi) is 3.44. The number of hydrogen-bond donors (Lipinski definition) is 1. The van der Waals surface area contributed by atoms with Gasteiger partial charge in [0.15, 0.2) is 0 Å². The van der Waals surface area contributed by atoms with Gasteiger partial charge in [0.2, 0.25) is 0 Å². The van der Waals surface area contributed by atoms with Gasteiger partial charge in [0, 0.05) is 24.0 Å². The molecule has 0 aromatic heterocycles. The molecule has 0 radical (unpaired) electrons. The molecule has 1 aliphatic heterocycles. The van der Waals surface area contributed by atoms with E-state index in [1.807, 2.05) is 30.3 Å². The molecule has 0 saturated carbocycles. The molecule has 0 aliphatic carbocycles. The van der Waals surface area contributed by atoms with E-state index in [9.17, 15) is 9.18 Å². The molecule has 1 aliphatic rings. The summed E-state index contributed by atoms with van der Waals surface area (Å²) in [6.45, 7) is 0.823. The molecule has 3 rings (SSSR count). The number of anilines is 2. The van der Waals surface area contributed by atoms with Crippen molar-refractivity contribution in [1.82, 2.24) is 0 Å².